The minimum atomic E-state index is -1.14. The highest BCUT2D eigenvalue weighted by Crippen LogP contribution is 2.56. The van der Waals surface area contributed by atoms with Crippen LogP contribution in [0.5, 0.6) is 57.5 Å². The van der Waals surface area contributed by atoms with Crippen LogP contribution in [0.3, 0.4) is 0 Å². The number of aliphatic hydroxyl groups is 1. The molecule has 6 unspecified atom stereocenters. The van der Waals surface area contributed by atoms with Crippen molar-refractivity contribution < 1.29 is 65.3 Å². The molecule has 0 aromatic heterocycles. The van der Waals surface area contributed by atoms with Gasteiger partial charge in [0.1, 0.15) is 63.6 Å². The molecule has 10 N–H and O–H groups in total. The third-order valence-corrected chi connectivity index (χ3v) is 10.9. The fourth-order valence-electron chi connectivity index (χ4n) is 8.22. The minimum Gasteiger partial charge on any atom is -0.508 e. The predicted octanol–water partition coefficient (Wildman–Crippen LogP) is 6.91. The van der Waals surface area contributed by atoms with E-state index in [1.54, 1.807) is 30.3 Å². The Morgan fingerprint density at radius 1 is 0.569 bits per heavy atom. The lowest BCUT2D eigenvalue weighted by Gasteiger charge is -2.33. The summed E-state index contributed by atoms with van der Waals surface area (Å²) in [5.74, 6) is -4.94. The molecule has 13 nitrogen and oxygen atoms in total. The van der Waals surface area contributed by atoms with Crippen LogP contribution in [0.2, 0.25) is 0 Å². The number of ketones is 1. The fourth-order valence-corrected chi connectivity index (χ4v) is 8.22. The summed E-state index contributed by atoms with van der Waals surface area (Å²) in [6.45, 7) is 0. The Morgan fingerprint density at radius 3 is 1.78 bits per heavy atom. The zero-order valence-electron chi connectivity index (χ0n) is 30.5. The minimum absolute atomic E-state index is 0.00490. The van der Waals surface area contributed by atoms with Gasteiger partial charge in [-0.3, -0.25) is 4.79 Å². The van der Waals surface area contributed by atoms with Gasteiger partial charge in [-0.25, -0.2) is 0 Å². The van der Waals surface area contributed by atoms with Crippen LogP contribution in [0.25, 0.3) is 11.1 Å². The highest BCUT2D eigenvalue weighted by atomic mass is 16.5. The summed E-state index contributed by atoms with van der Waals surface area (Å²) >= 11 is 0. The molecule has 0 aliphatic carbocycles. The second kappa shape index (κ2) is 14.8. The first kappa shape index (κ1) is 37.8. The molecule has 13 heteroatoms. The van der Waals surface area contributed by atoms with E-state index >= 15 is 0 Å². The van der Waals surface area contributed by atoms with Crippen molar-refractivity contribution in [2.75, 3.05) is 0 Å². The van der Waals surface area contributed by atoms with E-state index in [0.29, 0.717) is 16.7 Å². The molecular weight excluding hydrogens is 748 g/mol. The van der Waals surface area contributed by atoms with Crippen LogP contribution < -0.4 is 4.74 Å². The molecule has 0 saturated carbocycles. The number of aliphatic hydroxyl groups excluding tert-OH is 1. The van der Waals surface area contributed by atoms with E-state index in [1.807, 2.05) is 0 Å². The Morgan fingerprint density at radius 2 is 1.14 bits per heavy atom. The number of rotatable bonds is 8. The number of carbonyl (C=O) groups is 1. The van der Waals surface area contributed by atoms with Gasteiger partial charge in [-0.05, 0) is 89.3 Å². The van der Waals surface area contributed by atoms with Crippen LogP contribution in [0.4, 0.5) is 0 Å². The smallest absolute Gasteiger partial charge is 0.173 e. The molecule has 0 radical (unpaired) electrons. The molecule has 1 saturated heterocycles. The first-order valence-electron chi connectivity index (χ1n) is 18.3. The Labute approximate surface area is 330 Å². The van der Waals surface area contributed by atoms with Gasteiger partial charge in [-0.1, -0.05) is 30.3 Å². The SMILES string of the molecule is O=C(c1ccc(O)cc1O)C1C(c2ccc(O)cc2)OC(c2ccc(O)cc2O)C1Cc1ccc(O)cc1-c1c(O)cc(O)c2c1OC(c1ccc(O)cc1)C(O)C2. The van der Waals surface area contributed by atoms with Crippen LogP contribution in [-0.2, 0) is 17.6 Å². The van der Waals surface area contributed by atoms with Gasteiger partial charge in [0.15, 0.2) is 5.78 Å². The number of aromatic hydroxyl groups is 9. The molecule has 6 aromatic carbocycles. The number of phenolic OH excluding ortho intramolecular Hbond substituents is 9. The zero-order chi connectivity index (χ0) is 41.0. The topological polar surface area (TPSA) is 238 Å². The number of hydrogen-bond acceptors (Lipinski definition) is 13. The zero-order valence-corrected chi connectivity index (χ0v) is 30.5. The molecule has 58 heavy (non-hydrogen) atoms. The van der Waals surface area contributed by atoms with Crippen molar-refractivity contribution in [2.24, 2.45) is 11.8 Å². The van der Waals surface area contributed by atoms with Crippen molar-refractivity contribution in [3.8, 4) is 68.6 Å². The summed E-state index contributed by atoms with van der Waals surface area (Å²) < 4.78 is 13.1. The molecule has 8 rings (SSSR count). The lowest BCUT2D eigenvalue weighted by Crippen LogP contribution is -2.30. The molecule has 2 heterocycles. The van der Waals surface area contributed by atoms with E-state index < -0.39 is 53.5 Å². The fraction of sp³-hybridized carbons (Fsp3) is 0.178. The van der Waals surface area contributed by atoms with Gasteiger partial charge < -0.3 is 60.5 Å². The Bertz CT molecular complexity index is 2530. The van der Waals surface area contributed by atoms with Crippen LogP contribution in [0.15, 0.2) is 109 Å². The lowest BCUT2D eigenvalue weighted by atomic mass is 9.74. The van der Waals surface area contributed by atoms with Gasteiger partial charge in [0.05, 0.1) is 35.4 Å². The van der Waals surface area contributed by atoms with Gasteiger partial charge in [0.25, 0.3) is 0 Å². The molecule has 2 aliphatic rings. The monoisotopic (exact) mass is 786 g/mol. The van der Waals surface area contributed by atoms with E-state index in [2.05, 4.69) is 0 Å². The molecule has 296 valence electrons. The second-order valence-corrected chi connectivity index (χ2v) is 14.6. The van der Waals surface area contributed by atoms with Gasteiger partial charge in [0, 0.05) is 41.7 Å². The lowest BCUT2D eigenvalue weighted by molar-refractivity contribution is 0.0202. The average Bonchev–Trinajstić information content (AvgIpc) is 3.54. The number of benzene rings is 6. The molecule has 0 spiro atoms. The number of phenols is 9. The van der Waals surface area contributed by atoms with E-state index in [9.17, 15) is 55.9 Å². The van der Waals surface area contributed by atoms with Crippen LogP contribution >= 0.6 is 0 Å². The van der Waals surface area contributed by atoms with Gasteiger partial charge in [0.2, 0.25) is 0 Å². The maximum absolute atomic E-state index is 14.8. The summed E-state index contributed by atoms with van der Waals surface area (Å²) in [5, 5.41) is 107. The van der Waals surface area contributed by atoms with Gasteiger partial charge >= 0.3 is 0 Å². The number of carbonyl (C=O) groups excluding carboxylic acids is 1. The van der Waals surface area contributed by atoms with Crippen LogP contribution in [0, 0.1) is 11.8 Å². The maximum atomic E-state index is 14.8. The van der Waals surface area contributed by atoms with Crippen molar-refractivity contribution in [1.29, 1.82) is 0 Å². The Balaban J connectivity index is 1.31. The largest absolute Gasteiger partial charge is 0.508 e. The molecule has 6 aromatic rings. The number of hydrogen-bond donors (Lipinski definition) is 10. The normalized spacial score (nSPS) is 21.3. The van der Waals surface area contributed by atoms with E-state index in [4.69, 9.17) is 9.47 Å². The molecule has 6 atom stereocenters. The van der Waals surface area contributed by atoms with Crippen molar-refractivity contribution in [3.05, 3.63) is 143 Å². The number of fused-ring (bicyclic) bond motifs is 1. The quantitative estimate of drug-likeness (QED) is 0.0707. The van der Waals surface area contributed by atoms with Gasteiger partial charge in [-0.2, -0.15) is 0 Å². The third kappa shape index (κ3) is 6.86. The van der Waals surface area contributed by atoms with Crippen LogP contribution in [-0.4, -0.2) is 63.0 Å². The average molecular weight is 787 g/mol. The first-order chi connectivity index (χ1) is 27.8. The van der Waals surface area contributed by atoms with E-state index in [0.717, 1.165) is 18.2 Å². The molecule has 0 bridgehead atoms. The molecule has 0 amide bonds. The van der Waals surface area contributed by atoms with Crippen molar-refractivity contribution in [1.82, 2.24) is 0 Å². The van der Waals surface area contributed by atoms with Gasteiger partial charge in [-0.15, -0.1) is 0 Å². The van der Waals surface area contributed by atoms with E-state index in [-0.39, 0.29) is 86.7 Å². The summed E-state index contributed by atoms with van der Waals surface area (Å²) in [7, 11) is 0. The predicted molar refractivity (Wildman–Crippen MR) is 207 cm³/mol. The molecule has 2 aliphatic heterocycles. The highest BCUT2D eigenvalue weighted by molar-refractivity contribution is 6.01. The first-order valence-corrected chi connectivity index (χ1v) is 18.3. The molecular formula is C45H38O13. The summed E-state index contributed by atoms with van der Waals surface area (Å²) in [6, 6.07) is 25.0. The standard InChI is InChI=1S/C45H38O13/c46-24-6-1-21(2-7-24)42-38(55)19-32-36(53)20-37(54)39(45(32)57-42)31-16-26(48)10-5-23(31)15-33-40(41(56)29-13-11-27(49)17-34(29)51)43(22-3-8-25(47)9-4-22)58-44(33)30-14-12-28(50)18-35(30)52/h1-14,16-18,20,33,38,40,42-44,46-55H,15,19H2. The Kier molecular flexibility index (Phi) is 9.63. The van der Waals surface area contributed by atoms with E-state index in [1.165, 1.54) is 60.7 Å². The second-order valence-electron chi connectivity index (χ2n) is 14.6. The van der Waals surface area contributed by atoms with Crippen molar-refractivity contribution >= 4 is 5.78 Å². The summed E-state index contributed by atoms with van der Waals surface area (Å²) in [4.78, 5) is 14.8. The number of ether oxygens (including phenoxy) is 2. The summed E-state index contributed by atoms with van der Waals surface area (Å²) in [5.41, 5.74) is 1.98. The number of Topliss-reactive ketones (excluding diaryl/α,β-unsaturated/α-hetero) is 1. The van der Waals surface area contributed by atoms with Crippen LogP contribution in [0.1, 0.15) is 56.5 Å². The maximum Gasteiger partial charge on any atom is 0.173 e. The Hall–Kier alpha value is -7.09. The third-order valence-electron chi connectivity index (χ3n) is 10.9. The van der Waals surface area contributed by atoms with Crippen molar-refractivity contribution in [2.45, 2.75) is 37.3 Å². The highest BCUT2D eigenvalue weighted by Gasteiger charge is 2.51. The molecule has 1 fully saturated rings. The van der Waals surface area contributed by atoms with Crippen molar-refractivity contribution in [3.63, 3.8) is 0 Å². The summed E-state index contributed by atoms with van der Waals surface area (Å²) in [6.07, 6.45) is -4.39.